The standard InChI is InChI=1S/C10H14N2O6S2/c1-7(10(13)14)20(17,18)12-9-4-2-8(3-5-9)6-19(11,15)16/h2-5,7,12H,6H2,1H3,(H,13,14)(H2,11,15,16). The summed E-state index contributed by atoms with van der Waals surface area (Å²) in [6.07, 6.45) is 0. The molecule has 0 amide bonds. The van der Waals surface area contributed by atoms with Crippen LogP contribution in [0.1, 0.15) is 12.5 Å². The van der Waals surface area contributed by atoms with Crippen molar-refractivity contribution in [3.05, 3.63) is 29.8 Å². The number of hydrogen-bond donors (Lipinski definition) is 3. The Labute approximate surface area is 116 Å². The number of nitrogens with two attached hydrogens (primary N) is 1. The largest absolute Gasteiger partial charge is 0.480 e. The SMILES string of the molecule is CC(C(=O)O)S(=O)(=O)Nc1ccc(CS(N)(=O)=O)cc1. The fourth-order valence-electron chi connectivity index (χ4n) is 1.29. The van der Waals surface area contributed by atoms with Crippen LogP contribution in [0.5, 0.6) is 0 Å². The van der Waals surface area contributed by atoms with Gasteiger partial charge in [-0.1, -0.05) is 12.1 Å². The van der Waals surface area contributed by atoms with Gasteiger partial charge in [-0.25, -0.2) is 22.0 Å². The fourth-order valence-corrected chi connectivity index (χ4v) is 2.85. The number of aliphatic carboxylic acids is 1. The number of nitrogens with one attached hydrogen (secondary N) is 1. The minimum absolute atomic E-state index is 0.135. The highest BCUT2D eigenvalue weighted by atomic mass is 32.2. The quantitative estimate of drug-likeness (QED) is 0.655. The molecule has 1 atom stereocenters. The summed E-state index contributed by atoms with van der Waals surface area (Å²) in [5.74, 6) is -1.84. The van der Waals surface area contributed by atoms with Gasteiger partial charge in [-0.15, -0.1) is 0 Å². The van der Waals surface area contributed by atoms with E-state index in [2.05, 4.69) is 4.72 Å². The number of sulfonamides is 2. The van der Waals surface area contributed by atoms with Crippen LogP contribution in [0, 0.1) is 0 Å². The van der Waals surface area contributed by atoms with Crippen LogP contribution < -0.4 is 9.86 Å². The Kier molecular flexibility index (Phi) is 4.73. The summed E-state index contributed by atoms with van der Waals surface area (Å²) in [6, 6.07) is 5.42. The maximum Gasteiger partial charge on any atom is 0.323 e. The molecule has 0 aliphatic carbocycles. The third-order valence-corrected chi connectivity index (χ3v) is 4.78. The molecule has 1 aromatic carbocycles. The van der Waals surface area contributed by atoms with Crippen LogP contribution in [0.25, 0.3) is 0 Å². The van der Waals surface area contributed by atoms with Crippen LogP contribution >= 0.6 is 0 Å². The lowest BCUT2D eigenvalue weighted by Crippen LogP contribution is -2.32. The molecule has 0 aliphatic heterocycles. The molecular formula is C10H14N2O6S2. The first-order valence-corrected chi connectivity index (χ1v) is 8.61. The molecule has 10 heteroatoms. The third-order valence-electron chi connectivity index (χ3n) is 2.40. The zero-order valence-electron chi connectivity index (χ0n) is 10.5. The van der Waals surface area contributed by atoms with E-state index in [0.717, 1.165) is 6.92 Å². The zero-order chi connectivity index (χ0) is 15.6. The van der Waals surface area contributed by atoms with E-state index in [0.29, 0.717) is 5.56 Å². The van der Waals surface area contributed by atoms with E-state index in [1.807, 2.05) is 0 Å². The number of anilines is 1. The van der Waals surface area contributed by atoms with Crippen molar-refractivity contribution in [3.8, 4) is 0 Å². The van der Waals surface area contributed by atoms with Gasteiger partial charge < -0.3 is 5.11 Å². The molecule has 0 aromatic heterocycles. The molecule has 0 heterocycles. The monoisotopic (exact) mass is 322 g/mol. The van der Waals surface area contributed by atoms with E-state index in [4.69, 9.17) is 10.2 Å². The van der Waals surface area contributed by atoms with Gasteiger partial charge in [0.05, 0.1) is 5.75 Å². The summed E-state index contributed by atoms with van der Waals surface area (Å²) < 4.78 is 47.2. The first-order valence-electron chi connectivity index (χ1n) is 5.35. The molecule has 0 radical (unpaired) electrons. The molecule has 1 rings (SSSR count). The van der Waals surface area contributed by atoms with Gasteiger partial charge in [0.15, 0.2) is 5.25 Å². The Hall–Kier alpha value is -1.65. The minimum Gasteiger partial charge on any atom is -0.480 e. The molecular weight excluding hydrogens is 308 g/mol. The van der Waals surface area contributed by atoms with Crippen LogP contribution in [-0.2, 0) is 30.6 Å². The molecule has 1 unspecified atom stereocenters. The normalized spacial score (nSPS) is 13.7. The second-order valence-corrected chi connectivity index (χ2v) is 7.75. The van der Waals surface area contributed by atoms with Gasteiger partial charge in [-0.2, -0.15) is 0 Å². The summed E-state index contributed by atoms with van der Waals surface area (Å²) >= 11 is 0. The van der Waals surface area contributed by atoms with Gasteiger partial charge in [-0.3, -0.25) is 9.52 Å². The number of carbonyl (C=O) groups is 1. The summed E-state index contributed by atoms with van der Waals surface area (Å²) in [4.78, 5) is 10.6. The predicted octanol–water partition coefficient (Wildman–Crippen LogP) is -0.310. The predicted molar refractivity (Wildman–Crippen MR) is 72.9 cm³/mol. The highest BCUT2D eigenvalue weighted by Gasteiger charge is 2.27. The maximum atomic E-state index is 11.6. The second kappa shape index (κ2) is 5.77. The summed E-state index contributed by atoms with van der Waals surface area (Å²) in [6.45, 7) is 1.04. The van der Waals surface area contributed by atoms with Gasteiger partial charge in [-0.05, 0) is 24.6 Å². The molecule has 0 bridgehead atoms. The first kappa shape index (κ1) is 16.4. The number of carboxylic acid groups (broad SMARTS) is 1. The molecule has 0 saturated carbocycles. The average molecular weight is 322 g/mol. The maximum absolute atomic E-state index is 11.6. The molecule has 8 nitrogen and oxygen atoms in total. The smallest absolute Gasteiger partial charge is 0.323 e. The van der Waals surface area contributed by atoms with Gasteiger partial charge >= 0.3 is 5.97 Å². The topological polar surface area (TPSA) is 144 Å². The Morgan fingerprint density at radius 3 is 2.15 bits per heavy atom. The Balaban J connectivity index is 2.88. The van der Waals surface area contributed by atoms with Gasteiger partial charge in [0, 0.05) is 5.69 Å². The lowest BCUT2D eigenvalue weighted by Gasteiger charge is -2.11. The number of hydrogen-bond acceptors (Lipinski definition) is 5. The molecule has 1 aromatic rings. The van der Waals surface area contributed by atoms with Crippen molar-refractivity contribution in [2.24, 2.45) is 5.14 Å². The van der Waals surface area contributed by atoms with Crippen LogP contribution in [-0.4, -0.2) is 33.2 Å². The Bertz CT molecular complexity index is 694. The second-order valence-electron chi connectivity index (χ2n) is 4.13. The third kappa shape index (κ3) is 4.79. The first-order chi connectivity index (χ1) is 9.01. The number of carboxylic acids is 1. The summed E-state index contributed by atoms with van der Waals surface area (Å²) in [5.41, 5.74) is 0.526. The highest BCUT2D eigenvalue weighted by molar-refractivity contribution is 7.94. The van der Waals surface area contributed by atoms with Crippen molar-refractivity contribution >= 4 is 31.7 Å². The Morgan fingerprint density at radius 1 is 1.25 bits per heavy atom. The number of benzene rings is 1. The van der Waals surface area contributed by atoms with E-state index in [1.165, 1.54) is 24.3 Å². The lowest BCUT2D eigenvalue weighted by molar-refractivity contribution is -0.136. The average Bonchev–Trinajstić information content (AvgIpc) is 2.28. The molecule has 112 valence electrons. The van der Waals surface area contributed by atoms with E-state index in [1.54, 1.807) is 0 Å². The van der Waals surface area contributed by atoms with E-state index < -0.39 is 31.3 Å². The van der Waals surface area contributed by atoms with Gasteiger partial charge in [0.25, 0.3) is 0 Å². The van der Waals surface area contributed by atoms with Crippen molar-refractivity contribution in [2.75, 3.05) is 4.72 Å². The highest BCUT2D eigenvalue weighted by Crippen LogP contribution is 2.14. The van der Waals surface area contributed by atoms with Crippen molar-refractivity contribution in [3.63, 3.8) is 0 Å². The minimum atomic E-state index is -4.05. The van der Waals surface area contributed by atoms with Crippen LogP contribution in [0.4, 0.5) is 5.69 Å². The molecule has 4 N–H and O–H groups in total. The van der Waals surface area contributed by atoms with E-state index >= 15 is 0 Å². The molecule has 0 fully saturated rings. The number of rotatable bonds is 6. The summed E-state index contributed by atoms with van der Waals surface area (Å²) in [7, 11) is -7.72. The van der Waals surface area contributed by atoms with E-state index in [-0.39, 0.29) is 11.4 Å². The summed E-state index contributed by atoms with van der Waals surface area (Å²) in [5, 5.41) is 11.9. The van der Waals surface area contributed by atoms with Crippen molar-refractivity contribution in [1.29, 1.82) is 0 Å². The zero-order valence-corrected chi connectivity index (χ0v) is 12.1. The molecule has 20 heavy (non-hydrogen) atoms. The van der Waals surface area contributed by atoms with Crippen LogP contribution in [0.3, 0.4) is 0 Å². The fraction of sp³-hybridized carbons (Fsp3) is 0.300. The molecule has 0 spiro atoms. The number of primary sulfonamides is 1. The van der Waals surface area contributed by atoms with Crippen molar-refractivity contribution in [1.82, 2.24) is 0 Å². The van der Waals surface area contributed by atoms with E-state index in [9.17, 15) is 21.6 Å². The van der Waals surface area contributed by atoms with Crippen molar-refractivity contribution in [2.45, 2.75) is 17.9 Å². The molecule has 0 saturated heterocycles. The van der Waals surface area contributed by atoms with Crippen molar-refractivity contribution < 1.29 is 26.7 Å². The van der Waals surface area contributed by atoms with Gasteiger partial charge in [0.1, 0.15) is 0 Å². The van der Waals surface area contributed by atoms with Gasteiger partial charge in [0.2, 0.25) is 20.0 Å². The van der Waals surface area contributed by atoms with Crippen LogP contribution in [0.15, 0.2) is 24.3 Å². The lowest BCUT2D eigenvalue weighted by atomic mass is 10.2. The molecule has 0 aliphatic rings. The Morgan fingerprint density at radius 2 is 1.75 bits per heavy atom. The van der Waals surface area contributed by atoms with Crippen LogP contribution in [0.2, 0.25) is 0 Å².